The van der Waals surface area contributed by atoms with Crippen LogP contribution in [0.25, 0.3) is 11.1 Å². The summed E-state index contributed by atoms with van der Waals surface area (Å²) in [6.45, 7) is 0.190. The van der Waals surface area contributed by atoms with Gasteiger partial charge in [0, 0.05) is 13.0 Å². The maximum Gasteiger partial charge on any atom is 0.428 e. The molecule has 1 aliphatic carbocycles. The van der Waals surface area contributed by atoms with Gasteiger partial charge in [-0.05, 0) is 33.9 Å². The molecule has 0 aromatic heterocycles. The monoisotopic (exact) mass is 330 g/mol. The summed E-state index contributed by atoms with van der Waals surface area (Å²) in [5, 5.41) is 0.0725. The van der Waals surface area contributed by atoms with E-state index in [0.717, 1.165) is 27.3 Å². The first kappa shape index (κ1) is 15.4. The van der Waals surface area contributed by atoms with Gasteiger partial charge in [0.25, 0.3) is 0 Å². The number of ether oxygens (including phenoxy) is 1. The van der Waals surface area contributed by atoms with E-state index in [-0.39, 0.29) is 12.5 Å². The fourth-order valence-electron chi connectivity index (χ4n) is 2.87. The van der Waals surface area contributed by atoms with Crippen LogP contribution < -0.4 is 5.43 Å². The van der Waals surface area contributed by atoms with Crippen molar-refractivity contribution in [2.24, 2.45) is 0 Å². The van der Waals surface area contributed by atoms with Gasteiger partial charge in [-0.2, -0.15) is 0 Å². The predicted octanol–water partition coefficient (Wildman–Crippen LogP) is 3.73. The summed E-state index contributed by atoms with van der Waals surface area (Å²) in [6.07, 6.45) is -0.666. The number of halogens is 1. The lowest BCUT2D eigenvalue weighted by molar-refractivity contribution is 0.0971. The Morgan fingerprint density at radius 2 is 1.61 bits per heavy atom. The molecule has 118 valence electrons. The number of carbonyl (C=O) groups excluding carboxylic acids is 2. The van der Waals surface area contributed by atoms with Gasteiger partial charge in [-0.25, -0.2) is 15.2 Å². The van der Waals surface area contributed by atoms with E-state index in [1.54, 1.807) is 0 Å². The highest BCUT2D eigenvalue weighted by Crippen LogP contribution is 2.44. The number of carbonyl (C=O) groups is 2. The van der Waals surface area contributed by atoms with Gasteiger partial charge < -0.3 is 4.74 Å². The van der Waals surface area contributed by atoms with Crippen molar-refractivity contribution in [3.05, 3.63) is 59.7 Å². The van der Waals surface area contributed by atoms with E-state index >= 15 is 0 Å². The molecule has 2 aromatic rings. The normalized spacial score (nSPS) is 12.3. The first-order valence-corrected chi connectivity index (χ1v) is 7.50. The van der Waals surface area contributed by atoms with Gasteiger partial charge in [-0.3, -0.25) is 4.79 Å². The number of hydrogen-bond donors (Lipinski definition) is 1. The van der Waals surface area contributed by atoms with Crippen molar-refractivity contribution in [2.45, 2.75) is 5.92 Å². The zero-order chi connectivity index (χ0) is 16.4. The number of rotatable bonds is 2. The van der Waals surface area contributed by atoms with Crippen LogP contribution in [0.15, 0.2) is 48.5 Å². The molecule has 0 unspecified atom stereocenters. The second kappa shape index (κ2) is 6.30. The highest BCUT2D eigenvalue weighted by molar-refractivity contribution is 6.62. The Labute approximate surface area is 138 Å². The third-order valence-electron chi connectivity index (χ3n) is 3.87. The lowest BCUT2D eigenvalue weighted by Crippen LogP contribution is -2.41. The zero-order valence-electron chi connectivity index (χ0n) is 12.5. The summed E-state index contributed by atoms with van der Waals surface area (Å²) in [6, 6.07) is 16.1. The molecule has 6 heteroatoms. The molecule has 1 aliphatic rings. The number of amides is 2. The van der Waals surface area contributed by atoms with Crippen molar-refractivity contribution in [1.29, 1.82) is 0 Å². The molecule has 23 heavy (non-hydrogen) atoms. The van der Waals surface area contributed by atoms with Gasteiger partial charge in [-0.15, -0.1) is 0 Å². The minimum Gasteiger partial charge on any atom is -0.447 e. The Bertz CT molecular complexity index is 718. The largest absolute Gasteiger partial charge is 0.447 e. The van der Waals surface area contributed by atoms with Crippen molar-refractivity contribution < 1.29 is 14.3 Å². The molecule has 0 radical (unpaired) electrons. The molecular formula is C17H15ClN2O3. The van der Waals surface area contributed by atoms with Gasteiger partial charge in [0.15, 0.2) is 0 Å². The fourth-order valence-corrected chi connectivity index (χ4v) is 3.00. The van der Waals surface area contributed by atoms with Crippen LogP contribution in [0.3, 0.4) is 0 Å². The Hall–Kier alpha value is -2.53. The van der Waals surface area contributed by atoms with Crippen LogP contribution in [-0.2, 0) is 4.74 Å². The molecule has 0 spiro atoms. The number of hydrazine groups is 1. The number of nitrogens with zero attached hydrogens (tertiary/aromatic N) is 1. The van der Waals surface area contributed by atoms with Gasteiger partial charge in [0.1, 0.15) is 6.61 Å². The molecule has 0 fully saturated rings. The van der Waals surface area contributed by atoms with Crippen LogP contribution >= 0.6 is 11.6 Å². The Morgan fingerprint density at radius 1 is 1.09 bits per heavy atom. The minimum absolute atomic E-state index is 0.0218. The summed E-state index contributed by atoms with van der Waals surface area (Å²) in [5.74, 6) is -0.0218. The molecule has 0 saturated carbocycles. The van der Waals surface area contributed by atoms with Crippen LogP contribution in [0.4, 0.5) is 9.59 Å². The van der Waals surface area contributed by atoms with Crippen LogP contribution in [0.2, 0.25) is 0 Å². The van der Waals surface area contributed by atoms with E-state index in [2.05, 4.69) is 17.6 Å². The van der Waals surface area contributed by atoms with Gasteiger partial charge in [-0.1, -0.05) is 48.5 Å². The molecular weight excluding hydrogens is 316 g/mol. The lowest BCUT2D eigenvalue weighted by Gasteiger charge is -2.19. The summed E-state index contributed by atoms with van der Waals surface area (Å²) in [7, 11) is 1.37. The van der Waals surface area contributed by atoms with E-state index in [1.165, 1.54) is 7.05 Å². The number of benzene rings is 2. The van der Waals surface area contributed by atoms with Crippen LogP contribution in [0, 0.1) is 0 Å². The minimum atomic E-state index is -0.846. The molecule has 0 heterocycles. The summed E-state index contributed by atoms with van der Waals surface area (Å²) >= 11 is 5.18. The molecule has 0 atom stereocenters. The predicted molar refractivity (Wildman–Crippen MR) is 87.2 cm³/mol. The molecule has 0 saturated heterocycles. The standard InChI is InChI=1S/C17H15ClN2O3/c1-20(19-16(18)21)17(22)23-10-15-13-8-4-2-6-11(13)12-7-3-5-9-14(12)15/h2-9,15H,10H2,1H3,(H,19,21). The van der Waals surface area contributed by atoms with E-state index in [4.69, 9.17) is 16.3 Å². The summed E-state index contributed by atoms with van der Waals surface area (Å²) in [5.41, 5.74) is 6.72. The van der Waals surface area contributed by atoms with Crippen molar-refractivity contribution in [3.8, 4) is 11.1 Å². The average Bonchev–Trinajstić information content (AvgIpc) is 2.86. The molecule has 0 aliphatic heterocycles. The van der Waals surface area contributed by atoms with Crippen LogP contribution in [0.1, 0.15) is 17.0 Å². The Morgan fingerprint density at radius 3 is 2.13 bits per heavy atom. The van der Waals surface area contributed by atoms with Crippen molar-refractivity contribution in [3.63, 3.8) is 0 Å². The maximum absolute atomic E-state index is 11.9. The number of fused-ring (bicyclic) bond motifs is 3. The maximum atomic E-state index is 11.9. The Balaban J connectivity index is 1.78. The lowest BCUT2D eigenvalue weighted by atomic mass is 9.98. The number of hydrogen-bond acceptors (Lipinski definition) is 3. The Kier molecular flexibility index (Phi) is 4.21. The van der Waals surface area contributed by atoms with Gasteiger partial charge in [0.2, 0.25) is 0 Å². The highest BCUT2D eigenvalue weighted by atomic mass is 35.5. The quantitative estimate of drug-likeness (QED) is 0.518. The van der Waals surface area contributed by atoms with E-state index in [9.17, 15) is 9.59 Å². The molecule has 5 nitrogen and oxygen atoms in total. The van der Waals surface area contributed by atoms with Crippen molar-refractivity contribution in [1.82, 2.24) is 10.4 Å². The van der Waals surface area contributed by atoms with Crippen molar-refractivity contribution in [2.75, 3.05) is 13.7 Å². The van der Waals surface area contributed by atoms with Gasteiger partial charge in [0.05, 0.1) is 0 Å². The summed E-state index contributed by atoms with van der Waals surface area (Å²) in [4.78, 5) is 22.6. The third kappa shape index (κ3) is 3.00. The molecule has 2 aromatic carbocycles. The first-order chi connectivity index (χ1) is 11.1. The molecule has 1 N–H and O–H groups in total. The van der Waals surface area contributed by atoms with E-state index < -0.39 is 11.5 Å². The third-order valence-corrected chi connectivity index (χ3v) is 3.95. The summed E-state index contributed by atoms with van der Waals surface area (Å²) < 4.78 is 5.32. The molecule has 0 bridgehead atoms. The topological polar surface area (TPSA) is 58.6 Å². The second-order valence-corrected chi connectivity index (χ2v) is 5.59. The van der Waals surface area contributed by atoms with Crippen molar-refractivity contribution >= 4 is 23.1 Å². The van der Waals surface area contributed by atoms with Crippen LogP contribution in [0.5, 0.6) is 0 Å². The number of nitrogens with one attached hydrogen (secondary N) is 1. The molecule has 2 amide bonds. The highest BCUT2D eigenvalue weighted by Gasteiger charge is 2.29. The zero-order valence-corrected chi connectivity index (χ0v) is 13.2. The van der Waals surface area contributed by atoms with Crippen LogP contribution in [-0.4, -0.2) is 30.1 Å². The van der Waals surface area contributed by atoms with E-state index in [1.807, 2.05) is 36.4 Å². The molecule has 3 rings (SSSR count). The average molecular weight is 331 g/mol. The first-order valence-electron chi connectivity index (χ1n) is 7.12. The van der Waals surface area contributed by atoms with E-state index in [0.29, 0.717) is 0 Å². The second-order valence-electron chi connectivity index (χ2n) is 5.25. The fraction of sp³-hybridized carbons (Fsp3) is 0.176. The SMILES string of the molecule is CN(NC(=O)Cl)C(=O)OCC1c2ccccc2-c2ccccc21. The van der Waals surface area contributed by atoms with Gasteiger partial charge >= 0.3 is 11.5 Å². The smallest absolute Gasteiger partial charge is 0.428 e.